The van der Waals surface area contributed by atoms with Crippen molar-refractivity contribution in [3.63, 3.8) is 0 Å². The normalized spacial score (nSPS) is 6.50. The Kier molecular flexibility index (Phi) is 46.8. The van der Waals surface area contributed by atoms with E-state index in [1.54, 1.807) is 13.8 Å². The molecule has 0 aromatic rings. The summed E-state index contributed by atoms with van der Waals surface area (Å²) < 4.78 is 0. The van der Waals surface area contributed by atoms with Crippen LogP contribution in [0.3, 0.4) is 0 Å². The molecule has 0 rings (SSSR count). The Hall–Kier alpha value is 0.450. The fourth-order valence-electron chi connectivity index (χ4n) is 0.286. The van der Waals surface area contributed by atoms with Gasteiger partial charge in [-0.15, -0.1) is 0 Å². The number of ketones is 2. The van der Waals surface area contributed by atoms with Crippen LogP contribution < -0.4 is 0 Å². The van der Waals surface area contributed by atoms with E-state index in [4.69, 9.17) is 28.6 Å². The van der Waals surface area contributed by atoms with E-state index in [0.29, 0.717) is 0 Å². The first kappa shape index (κ1) is 25.3. The van der Waals surface area contributed by atoms with Gasteiger partial charge in [-0.3, -0.25) is 6.42 Å². The second-order valence-electron chi connectivity index (χ2n) is 2.06. The van der Waals surface area contributed by atoms with Crippen molar-refractivity contribution in [1.29, 1.82) is 0 Å². The van der Waals surface area contributed by atoms with Crippen molar-refractivity contribution in [3.8, 4) is 0 Å². The van der Waals surface area contributed by atoms with Gasteiger partial charge in [0.2, 0.25) is 0 Å². The fraction of sp³-hybridized carbons (Fsp3) is 0.667. The van der Waals surface area contributed by atoms with E-state index >= 15 is 0 Å². The Balaban J connectivity index is -0.0000000677. The third kappa shape index (κ3) is 132. The number of carbonyl (C=O) groups is 2. The predicted octanol–water partition coefficient (Wildman–Crippen LogP) is 1.74. The zero-order chi connectivity index (χ0) is 14.0. The van der Waals surface area contributed by atoms with Crippen molar-refractivity contribution in [3.05, 3.63) is 6.42 Å². The van der Waals surface area contributed by atoms with Gasteiger partial charge < -0.3 is 19.8 Å². The molecule has 0 fully saturated rings. The molecule has 0 atom stereocenters. The molecule has 0 aliphatic rings. The van der Waals surface area contributed by atoms with Crippen LogP contribution in [0, 0.1) is 6.42 Å². The number of rotatable bonds is 2. The quantitative estimate of drug-likeness (QED) is 0.450. The van der Waals surface area contributed by atoms with E-state index in [1.807, 2.05) is 0 Å². The van der Waals surface area contributed by atoms with E-state index < -0.39 is 17.6 Å². The molecule has 0 saturated heterocycles. The predicted molar refractivity (Wildman–Crippen MR) is 62.9 cm³/mol. The number of aliphatic hydroxyl groups is 2. The van der Waals surface area contributed by atoms with Gasteiger partial charge in [-0.2, -0.15) is 0 Å². The fourth-order valence-corrected chi connectivity index (χ4v) is 0.286. The molecule has 0 spiro atoms. The Labute approximate surface area is 114 Å². The molecule has 16 heavy (non-hydrogen) atoms. The molecule has 2 N–H and O–H groups in total. The average Bonchev–Trinajstić information content (AvgIpc) is 2.04. The van der Waals surface area contributed by atoms with Gasteiger partial charge in [0.15, 0.2) is 0 Å². The van der Waals surface area contributed by atoms with Gasteiger partial charge in [0.05, 0.1) is 0 Å². The summed E-state index contributed by atoms with van der Waals surface area (Å²) in [7, 11) is 9.83. The van der Waals surface area contributed by atoms with Gasteiger partial charge in [0.25, 0.3) is 0 Å². The van der Waals surface area contributed by atoms with Crippen molar-refractivity contribution < 1.29 is 37.4 Å². The van der Waals surface area contributed by atoms with Gasteiger partial charge >= 0.3 is 36.0 Å². The first-order chi connectivity index (χ1) is 7.37. The number of halogens is 2. The van der Waals surface area contributed by atoms with E-state index in [0.717, 1.165) is 6.42 Å². The van der Waals surface area contributed by atoms with E-state index in [1.165, 1.54) is 13.8 Å². The van der Waals surface area contributed by atoms with Crippen LogP contribution in [-0.2, 0) is 27.2 Å². The van der Waals surface area contributed by atoms with Crippen LogP contribution in [0.1, 0.15) is 27.7 Å². The third-order valence-electron chi connectivity index (χ3n) is 0.407. The summed E-state index contributed by atoms with van der Waals surface area (Å²) in [5, 5.41) is 15.1. The van der Waals surface area contributed by atoms with Crippen LogP contribution in [0.5, 0.6) is 0 Å². The molecule has 7 heteroatoms. The van der Waals surface area contributed by atoms with E-state index in [2.05, 4.69) is 0 Å². The second-order valence-corrected chi connectivity index (χ2v) is 5.40. The minimum atomic E-state index is -0.706. The zero-order valence-corrected chi connectivity index (χ0v) is 13.6. The van der Waals surface area contributed by atoms with Gasteiger partial charge in [-0.25, -0.2) is 0 Å². The van der Waals surface area contributed by atoms with E-state index in [-0.39, 0.29) is 24.8 Å². The first-order valence-electron chi connectivity index (χ1n) is 4.37. The molecule has 4 nitrogen and oxygen atoms in total. The molecular formula is C9H19Cl2NbO4-. The average molecular weight is 355 g/mol. The molecule has 99 valence electrons. The Bertz CT molecular complexity index is 129. The van der Waals surface area contributed by atoms with Crippen LogP contribution in [-0.4, -0.2) is 35.0 Å². The standard InChI is InChI=1S/C5H7O2.2C2H6O.2ClH.Nb/c1-4(6)3-5(2)7;2*1-2-3;;;/h3H,1-2H3;2*3H,2H2,1H3;2*1H;/q-1;;;;;+2/p-2. The van der Waals surface area contributed by atoms with Crippen molar-refractivity contribution >= 4 is 29.9 Å². The van der Waals surface area contributed by atoms with Crippen LogP contribution in [0.4, 0.5) is 0 Å². The van der Waals surface area contributed by atoms with Crippen LogP contribution in [0.2, 0.25) is 0 Å². The number of carbonyl (C=O) groups excluding carboxylic acids is 2. The Morgan fingerprint density at radius 3 is 1.19 bits per heavy atom. The van der Waals surface area contributed by atoms with Crippen LogP contribution in [0.15, 0.2) is 0 Å². The summed E-state index contributed by atoms with van der Waals surface area (Å²) in [4.78, 5) is 20.0. The van der Waals surface area contributed by atoms with E-state index in [9.17, 15) is 9.59 Å². The van der Waals surface area contributed by atoms with Crippen molar-refractivity contribution in [2.45, 2.75) is 27.7 Å². The van der Waals surface area contributed by atoms with Gasteiger partial charge in [0, 0.05) is 24.8 Å². The number of Topliss-reactive ketones (excluding diaryl/α,β-unsaturated/α-hetero) is 2. The molecule has 0 aromatic carbocycles. The van der Waals surface area contributed by atoms with Crippen molar-refractivity contribution in [2.75, 3.05) is 13.2 Å². The van der Waals surface area contributed by atoms with Gasteiger partial charge in [-0.05, 0) is 27.7 Å². The third-order valence-corrected chi connectivity index (χ3v) is 0.407. The summed E-state index contributed by atoms with van der Waals surface area (Å²) in [5.74, 6) is -0.375. The summed E-state index contributed by atoms with van der Waals surface area (Å²) in [5.41, 5.74) is 0. The SMILES string of the molecule is CC(=O)[CH-]C(C)=O.CCO.CCO.[Cl][Nb][Cl]. The summed E-state index contributed by atoms with van der Waals surface area (Å²) in [6.45, 7) is 6.56. The Morgan fingerprint density at radius 1 is 1.06 bits per heavy atom. The molecule has 0 aromatic heterocycles. The maximum atomic E-state index is 9.98. The van der Waals surface area contributed by atoms with Gasteiger partial charge in [0.1, 0.15) is 0 Å². The number of hydrogen-bond donors (Lipinski definition) is 2. The number of hydrogen-bond acceptors (Lipinski definition) is 4. The molecule has 0 aliphatic heterocycles. The van der Waals surface area contributed by atoms with Crippen LogP contribution >= 0.6 is 18.4 Å². The van der Waals surface area contributed by atoms with Crippen molar-refractivity contribution in [1.82, 2.24) is 0 Å². The summed E-state index contributed by atoms with van der Waals surface area (Å²) in [6.07, 6.45) is 1.06. The molecule has 0 heterocycles. The molecule has 0 aliphatic carbocycles. The monoisotopic (exact) mass is 354 g/mol. The molecule has 0 amide bonds. The summed E-state index contributed by atoms with van der Waals surface area (Å²) >= 11 is -0.706. The molecule has 0 bridgehead atoms. The summed E-state index contributed by atoms with van der Waals surface area (Å²) in [6, 6.07) is 0. The first-order valence-corrected chi connectivity index (χ1v) is 10.0. The van der Waals surface area contributed by atoms with Crippen molar-refractivity contribution in [2.24, 2.45) is 0 Å². The minimum absolute atomic E-state index is 0.187. The molecule has 0 saturated carbocycles. The topological polar surface area (TPSA) is 74.6 Å². The maximum absolute atomic E-state index is 9.98. The number of aliphatic hydroxyl groups excluding tert-OH is 2. The second kappa shape index (κ2) is 29.5. The molecular weight excluding hydrogens is 336 g/mol. The molecule has 0 unspecified atom stereocenters. The van der Waals surface area contributed by atoms with Crippen LogP contribution in [0.25, 0.3) is 0 Å². The zero-order valence-electron chi connectivity index (χ0n) is 9.91. The Morgan fingerprint density at radius 2 is 1.19 bits per heavy atom. The molecule has 0 radical (unpaired) electrons. The van der Waals surface area contributed by atoms with Gasteiger partial charge in [-0.1, -0.05) is 0 Å².